The Labute approximate surface area is 122 Å². The quantitative estimate of drug-likeness (QED) is 0.802. The molecule has 7 heteroatoms. The molecule has 110 valence electrons. The van der Waals surface area contributed by atoms with Crippen LogP contribution < -0.4 is 4.74 Å². The van der Waals surface area contributed by atoms with Crippen molar-refractivity contribution >= 4 is 25.6 Å². The van der Waals surface area contributed by atoms with Crippen molar-refractivity contribution in [2.75, 3.05) is 20.2 Å². The lowest BCUT2D eigenvalue weighted by molar-refractivity contribution is 0.0720. The van der Waals surface area contributed by atoms with E-state index in [2.05, 4.69) is 0 Å². The van der Waals surface area contributed by atoms with Gasteiger partial charge in [0.1, 0.15) is 5.75 Å². The fourth-order valence-corrected chi connectivity index (χ4v) is 3.05. The molecule has 0 aliphatic carbocycles. The van der Waals surface area contributed by atoms with E-state index < -0.39 is 9.05 Å². The first-order valence-corrected chi connectivity index (χ1v) is 8.66. The maximum absolute atomic E-state index is 12.5. The molecular weight excluding hydrogens is 302 g/mol. The largest absolute Gasteiger partial charge is 0.496 e. The minimum absolute atomic E-state index is 0.0969. The van der Waals surface area contributed by atoms with E-state index in [1.54, 1.807) is 4.90 Å². The van der Waals surface area contributed by atoms with E-state index in [9.17, 15) is 13.2 Å². The molecule has 1 amide bonds. The second-order valence-electron chi connectivity index (χ2n) is 4.65. The zero-order chi connectivity index (χ0) is 14.8. The zero-order valence-electron chi connectivity index (χ0n) is 11.1. The highest BCUT2D eigenvalue weighted by molar-refractivity contribution is 8.13. The number of nitrogens with zero attached hydrogens (tertiary/aromatic N) is 1. The molecule has 0 atom stereocenters. The highest BCUT2D eigenvalue weighted by atomic mass is 35.7. The second kappa shape index (κ2) is 6.01. The summed E-state index contributed by atoms with van der Waals surface area (Å²) in [4.78, 5) is 14.1. The summed E-state index contributed by atoms with van der Waals surface area (Å²) in [5.74, 6) is 0.133. The van der Waals surface area contributed by atoms with Gasteiger partial charge in [-0.2, -0.15) is 0 Å². The number of halogens is 1. The Morgan fingerprint density at radius 3 is 2.45 bits per heavy atom. The number of hydrogen-bond acceptors (Lipinski definition) is 4. The van der Waals surface area contributed by atoms with E-state index in [1.807, 2.05) is 0 Å². The predicted molar refractivity (Wildman–Crippen MR) is 75.8 cm³/mol. The molecule has 1 aliphatic heterocycles. The number of rotatable bonds is 3. The maximum Gasteiger partial charge on any atom is 0.261 e. The molecule has 0 unspecified atom stereocenters. The molecule has 20 heavy (non-hydrogen) atoms. The lowest BCUT2D eigenvalue weighted by atomic mass is 10.1. The predicted octanol–water partition coefficient (Wildman–Crippen LogP) is 2.25. The number of benzene rings is 1. The molecule has 0 radical (unpaired) electrons. The fraction of sp³-hybridized carbons (Fsp3) is 0.462. The van der Waals surface area contributed by atoms with Gasteiger partial charge in [0.05, 0.1) is 17.6 Å². The van der Waals surface area contributed by atoms with Crippen molar-refractivity contribution in [2.45, 2.75) is 24.2 Å². The van der Waals surface area contributed by atoms with E-state index in [4.69, 9.17) is 15.4 Å². The van der Waals surface area contributed by atoms with E-state index in [-0.39, 0.29) is 16.4 Å². The smallest absolute Gasteiger partial charge is 0.261 e. The normalized spacial score (nSPS) is 16.0. The van der Waals surface area contributed by atoms with Gasteiger partial charge >= 0.3 is 0 Å². The molecule has 2 rings (SSSR count). The van der Waals surface area contributed by atoms with Crippen LogP contribution in [0.25, 0.3) is 0 Å². The van der Waals surface area contributed by atoms with Gasteiger partial charge in [-0.1, -0.05) is 0 Å². The third-order valence-corrected chi connectivity index (χ3v) is 4.68. The zero-order valence-corrected chi connectivity index (χ0v) is 12.7. The Hall–Kier alpha value is -1.27. The van der Waals surface area contributed by atoms with Crippen molar-refractivity contribution in [3.05, 3.63) is 23.8 Å². The summed E-state index contributed by atoms with van der Waals surface area (Å²) in [5.41, 5.74) is 0.233. The van der Waals surface area contributed by atoms with Crippen LogP contribution in [-0.4, -0.2) is 39.4 Å². The average molecular weight is 318 g/mol. The van der Waals surface area contributed by atoms with E-state index in [1.165, 1.54) is 25.3 Å². The van der Waals surface area contributed by atoms with Crippen molar-refractivity contribution < 1.29 is 17.9 Å². The minimum Gasteiger partial charge on any atom is -0.496 e. The van der Waals surface area contributed by atoms with E-state index in [0.29, 0.717) is 18.8 Å². The Morgan fingerprint density at radius 1 is 1.25 bits per heavy atom. The van der Waals surface area contributed by atoms with Gasteiger partial charge in [-0.05, 0) is 37.5 Å². The summed E-state index contributed by atoms with van der Waals surface area (Å²) in [7, 11) is 2.90. The van der Waals surface area contributed by atoms with Crippen LogP contribution in [0.3, 0.4) is 0 Å². The molecule has 0 spiro atoms. The number of hydrogen-bond donors (Lipinski definition) is 0. The summed E-state index contributed by atoms with van der Waals surface area (Å²) in [6.07, 6.45) is 3.03. The van der Waals surface area contributed by atoms with E-state index >= 15 is 0 Å². The van der Waals surface area contributed by atoms with Crippen molar-refractivity contribution in [3.8, 4) is 5.75 Å². The SMILES string of the molecule is COc1ccc(S(=O)(=O)Cl)cc1C(=O)N1CCCCC1. The van der Waals surface area contributed by atoms with Crippen LogP contribution in [0.5, 0.6) is 5.75 Å². The number of methoxy groups -OCH3 is 1. The van der Waals surface area contributed by atoms with Crippen LogP contribution in [0.4, 0.5) is 0 Å². The van der Waals surface area contributed by atoms with Gasteiger partial charge in [0.15, 0.2) is 0 Å². The van der Waals surface area contributed by atoms with Gasteiger partial charge in [0.25, 0.3) is 15.0 Å². The average Bonchev–Trinajstić information content (AvgIpc) is 2.45. The van der Waals surface area contributed by atoms with Crippen LogP contribution >= 0.6 is 10.7 Å². The molecule has 0 N–H and O–H groups in total. The van der Waals surface area contributed by atoms with Crippen LogP contribution in [0.2, 0.25) is 0 Å². The van der Waals surface area contributed by atoms with Crippen LogP contribution in [0, 0.1) is 0 Å². The third kappa shape index (κ3) is 3.24. The molecule has 0 aromatic heterocycles. The van der Waals surface area contributed by atoms with E-state index in [0.717, 1.165) is 19.3 Å². The van der Waals surface area contributed by atoms with Crippen molar-refractivity contribution in [1.29, 1.82) is 0 Å². The van der Waals surface area contributed by atoms with Gasteiger partial charge in [-0.25, -0.2) is 8.42 Å². The summed E-state index contributed by atoms with van der Waals surface area (Å²) < 4.78 is 27.9. The number of amides is 1. The Balaban J connectivity index is 2.39. The number of ether oxygens (including phenoxy) is 1. The monoisotopic (exact) mass is 317 g/mol. The highest BCUT2D eigenvalue weighted by Crippen LogP contribution is 2.26. The first-order valence-electron chi connectivity index (χ1n) is 6.35. The first-order chi connectivity index (χ1) is 9.43. The molecule has 0 saturated carbocycles. The summed E-state index contributed by atoms with van der Waals surface area (Å²) >= 11 is 0. The lowest BCUT2D eigenvalue weighted by Crippen LogP contribution is -2.35. The molecule has 1 saturated heterocycles. The van der Waals surface area contributed by atoms with Gasteiger partial charge in [-0.3, -0.25) is 4.79 Å². The number of likely N-dealkylation sites (tertiary alicyclic amines) is 1. The molecule has 1 aromatic carbocycles. The maximum atomic E-state index is 12.5. The summed E-state index contributed by atoms with van der Waals surface area (Å²) in [5, 5.41) is 0. The molecular formula is C13H16ClNO4S. The van der Waals surface area contributed by atoms with Crippen molar-refractivity contribution in [1.82, 2.24) is 4.90 Å². The topological polar surface area (TPSA) is 63.7 Å². The Bertz CT molecular complexity index is 609. The molecule has 1 heterocycles. The summed E-state index contributed by atoms with van der Waals surface area (Å²) in [6.45, 7) is 1.36. The molecule has 0 bridgehead atoms. The Morgan fingerprint density at radius 2 is 1.90 bits per heavy atom. The van der Waals surface area contributed by atoms with Crippen molar-refractivity contribution in [2.24, 2.45) is 0 Å². The molecule has 1 aliphatic rings. The van der Waals surface area contributed by atoms with Crippen LogP contribution in [0.1, 0.15) is 29.6 Å². The van der Waals surface area contributed by atoms with Crippen LogP contribution in [-0.2, 0) is 9.05 Å². The van der Waals surface area contributed by atoms with Gasteiger partial charge in [0, 0.05) is 23.8 Å². The second-order valence-corrected chi connectivity index (χ2v) is 7.22. The van der Waals surface area contributed by atoms with Gasteiger partial charge in [-0.15, -0.1) is 0 Å². The third-order valence-electron chi connectivity index (χ3n) is 3.33. The minimum atomic E-state index is -3.87. The van der Waals surface area contributed by atoms with Crippen molar-refractivity contribution in [3.63, 3.8) is 0 Å². The number of carbonyl (C=O) groups is 1. The molecule has 1 fully saturated rings. The van der Waals surface area contributed by atoms with Gasteiger partial charge < -0.3 is 9.64 Å². The fourth-order valence-electron chi connectivity index (χ4n) is 2.27. The molecule has 5 nitrogen and oxygen atoms in total. The number of piperidine rings is 1. The van der Waals surface area contributed by atoms with Crippen LogP contribution in [0.15, 0.2) is 23.1 Å². The molecule has 1 aromatic rings. The lowest BCUT2D eigenvalue weighted by Gasteiger charge is -2.27. The first kappa shape index (κ1) is 15.1. The number of carbonyl (C=O) groups excluding carboxylic acids is 1. The van der Waals surface area contributed by atoms with Gasteiger partial charge in [0.2, 0.25) is 0 Å². The Kier molecular flexibility index (Phi) is 4.55. The highest BCUT2D eigenvalue weighted by Gasteiger charge is 2.23. The summed E-state index contributed by atoms with van der Waals surface area (Å²) in [6, 6.07) is 4.05. The standard InChI is InChI=1S/C13H16ClNO4S/c1-19-12-6-5-10(20(14,17)18)9-11(12)13(16)15-7-3-2-4-8-15/h5-6,9H,2-4,7-8H2,1H3.